The van der Waals surface area contributed by atoms with Gasteiger partial charge in [-0.3, -0.25) is 0 Å². The number of fused-ring (bicyclic) bond motifs is 1. The smallest absolute Gasteiger partial charge is 0.266 e. The van der Waals surface area contributed by atoms with Crippen molar-refractivity contribution in [1.82, 2.24) is 0 Å². The van der Waals surface area contributed by atoms with E-state index in [9.17, 15) is 13.9 Å². The van der Waals surface area contributed by atoms with Crippen LogP contribution in [-0.2, 0) is 6.42 Å². The van der Waals surface area contributed by atoms with Crippen molar-refractivity contribution in [2.24, 2.45) is 0 Å². The van der Waals surface area contributed by atoms with Crippen molar-refractivity contribution in [3.8, 4) is 11.5 Å². The number of aromatic hydroxyl groups is 1. The molecule has 1 aliphatic rings. The average molecular weight is 296 g/mol. The van der Waals surface area contributed by atoms with Crippen LogP contribution in [0.25, 0.3) is 0 Å². The van der Waals surface area contributed by atoms with Crippen molar-refractivity contribution in [2.75, 3.05) is 0 Å². The molecular formula is C17H22F2O2. The maximum absolute atomic E-state index is 12.2. The molecule has 2 nitrogen and oxygen atoms in total. The van der Waals surface area contributed by atoms with Crippen LogP contribution in [0.5, 0.6) is 11.5 Å². The van der Waals surface area contributed by atoms with Crippen LogP contribution in [0, 0.1) is 20.8 Å². The van der Waals surface area contributed by atoms with Crippen LogP contribution in [0.2, 0.25) is 0 Å². The first-order chi connectivity index (χ1) is 9.75. The molecule has 1 heterocycles. The first kappa shape index (κ1) is 15.8. The van der Waals surface area contributed by atoms with Crippen LogP contribution in [0.3, 0.4) is 0 Å². The number of phenolic OH excluding ortho intramolecular Hbond substituents is 1. The molecule has 0 spiro atoms. The Morgan fingerprint density at radius 3 is 2.52 bits per heavy atom. The fourth-order valence-corrected chi connectivity index (χ4v) is 2.96. The molecule has 0 saturated carbocycles. The molecule has 1 aromatic carbocycles. The zero-order valence-electron chi connectivity index (χ0n) is 13.0. The quantitative estimate of drug-likeness (QED) is 0.854. The summed E-state index contributed by atoms with van der Waals surface area (Å²) in [5.41, 5.74) is 3.24. The normalized spacial score (nSPS) is 20.7. The van der Waals surface area contributed by atoms with Gasteiger partial charge in [0.25, 0.3) is 6.08 Å². The summed E-state index contributed by atoms with van der Waals surface area (Å²) in [6.07, 6.45) is 1.75. The van der Waals surface area contributed by atoms with Crippen molar-refractivity contribution >= 4 is 0 Å². The first-order valence-corrected chi connectivity index (χ1v) is 7.27. The van der Waals surface area contributed by atoms with E-state index in [0.717, 1.165) is 46.9 Å². The van der Waals surface area contributed by atoms with E-state index in [1.807, 2.05) is 27.7 Å². The Morgan fingerprint density at radius 2 is 1.90 bits per heavy atom. The summed E-state index contributed by atoms with van der Waals surface area (Å²) in [5, 5.41) is 10.1. The molecule has 4 heteroatoms. The van der Waals surface area contributed by atoms with E-state index in [1.54, 1.807) is 0 Å². The summed E-state index contributed by atoms with van der Waals surface area (Å²) in [5.74, 6) is 1.15. The van der Waals surface area contributed by atoms with Gasteiger partial charge in [0.2, 0.25) is 0 Å². The minimum atomic E-state index is -1.64. The Hall–Kier alpha value is -1.58. The van der Waals surface area contributed by atoms with Gasteiger partial charge in [-0.25, -0.2) is 0 Å². The second kappa shape index (κ2) is 5.66. The number of rotatable bonds is 3. The van der Waals surface area contributed by atoms with Crippen molar-refractivity contribution in [3.63, 3.8) is 0 Å². The van der Waals surface area contributed by atoms with E-state index in [4.69, 9.17) is 4.74 Å². The van der Waals surface area contributed by atoms with E-state index in [0.29, 0.717) is 18.6 Å². The third kappa shape index (κ3) is 3.04. The molecule has 1 N–H and O–H groups in total. The van der Waals surface area contributed by atoms with Gasteiger partial charge in [-0.1, -0.05) is 0 Å². The van der Waals surface area contributed by atoms with Gasteiger partial charge < -0.3 is 9.84 Å². The zero-order valence-corrected chi connectivity index (χ0v) is 13.0. The van der Waals surface area contributed by atoms with Crippen molar-refractivity contribution in [1.29, 1.82) is 0 Å². The molecule has 21 heavy (non-hydrogen) atoms. The lowest BCUT2D eigenvalue weighted by Gasteiger charge is -2.38. The summed E-state index contributed by atoms with van der Waals surface area (Å²) < 4.78 is 30.5. The minimum absolute atomic E-state index is 0.309. The lowest BCUT2D eigenvalue weighted by atomic mass is 9.85. The third-order valence-corrected chi connectivity index (χ3v) is 4.56. The molecular weight excluding hydrogens is 274 g/mol. The predicted octanol–water partition coefficient (Wildman–Crippen LogP) is 4.96. The Labute approximate surface area is 124 Å². The summed E-state index contributed by atoms with van der Waals surface area (Å²) >= 11 is 0. The number of halogens is 2. The fourth-order valence-electron chi connectivity index (χ4n) is 2.96. The zero-order chi connectivity index (χ0) is 15.8. The molecule has 1 atom stereocenters. The van der Waals surface area contributed by atoms with Gasteiger partial charge >= 0.3 is 0 Å². The van der Waals surface area contributed by atoms with Gasteiger partial charge in [0.15, 0.2) is 0 Å². The van der Waals surface area contributed by atoms with Crippen molar-refractivity contribution in [2.45, 2.75) is 59.0 Å². The Kier molecular flexibility index (Phi) is 4.26. The van der Waals surface area contributed by atoms with Crippen LogP contribution in [-0.4, -0.2) is 10.7 Å². The number of hydrogen-bond acceptors (Lipinski definition) is 2. The predicted molar refractivity (Wildman–Crippen MR) is 79.2 cm³/mol. The number of allylic oxidation sites excluding steroid dienone is 1. The summed E-state index contributed by atoms with van der Waals surface area (Å²) in [4.78, 5) is 0. The molecule has 116 valence electrons. The van der Waals surface area contributed by atoms with E-state index in [1.165, 1.54) is 0 Å². The van der Waals surface area contributed by atoms with E-state index >= 15 is 0 Å². The lowest BCUT2D eigenvalue weighted by Crippen LogP contribution is -2.36. The highest BCUT2D eigenvalue weighted by Gasteiger charge is 2.33. The number of benzene rings is 1. The van der Waals surface area contributed by atoms with Crippen LogP contribution in [0.1, 0.15) is 48.4 Å². The minimum Gasteiger partial charge on any atom is -0.507 e. The molecule has 1 unspecified atom stereocenters. The van der Waals surface area contributed by atoms with Gasteiger partial charge in [-0.15, -0.1) is 0 Å². The van der Waals surface area contributed by atoms with Crippen molar-refractivity contribution in [3.05, 3.63) is 34.4 Å². The Balaban J connectivity index is 2.30. The summed E-state index contributed by atoms with van der Waals surface area (Å²) in [6.45, 7) is 7.67. The molecule has 0 aliphatic carbocycles. The van der Waals surface area contributed by atoms with E-state index in [2.05, 4.69) is 0 Å². The topological polar surface area (TPSA) is 29.5 Å². The molecule has 1 aromatic rings. The second-order valence-electron chi connectivity index (χ2n) is 6.12. The van der Waals surface area contributed by atoms with Crippen LogP contribution in [0.15, 0.2) is 12.2 Å². The molecule has 1 aliphatic heterocycles. The van der Waals surface area contributed by atoms with Crippen LogP contribution in [0.4, 0.5) is 8.78 Å². The average Bonchev–Trinajstić information content (AvgIpc) is 2.42. The molecule has 0 bridgehead atoms. The standard InChI is InChI=1S/C17H22F2O2/c1-10-11(2)16-13(12(3)15(10)20)7-9-17(4,21-16)8-5-6-14(18)19/h6,20H,5,7-9H2,1-4H3. The number of phenols is 1. The van der Waals surface area contributed by atoms with E-state index in [-0.39, 0.29) is 0 Å². The maximum atomic E-state index is 12.2. The van der Waals surface area contributed by atoms with Crippen molar-refractivity contribution < 1.29 is 18.6 Å². The maximum Gasteiger partial charge on any atom is 0.266 e. The summed E-state index contributed by atoms with van der Waals surface area (Å²) in [7, 11) is 0. The monoisotopic (exact) mass is 296 g/mol. The second-order valence-corrected chi connectivity index (χ2v) is 6.12. The highest BCUT2D eigenvalue weighted by atomic mass is 19.3. The van der Waals surface area contributed by atoms with E-state index < -0.39 is 11.7 Å². The van der Waals surface area contributed by atoms with Gasteiger partial charge in [0, 0.05) is 5.56 Å². The number of hydrogen-bond donors (Lipinski definition) is 1. The summed E-state index contributed by atoms with van der Waals surface area (Å²) in [6, 6.07) is 0. The Bertz CT molecular complexity index is 589. The Morgan fingerprint density at radius 1 is 1.24 bits per heavy atom. The largest absolute Gasteiger partial charge is 0.507 e. The molecule has 2 rings (SSSR count). The highest BCUT2D eigenvalue weighted by molar-refractivity contribution is 5.58. The lowest BCUT2D eigenvalue weighted by molar-refractivity contribution is 0.0557. The molecule has 0 fully saturated rings. The van der Waals surface area contributed by atoms with Gasteiger partial charge in [0.05, 0.1) is 0 Å². The molecule has 0 radical (unpaired) electrons. The molecule has 0 aromatic heterocycles. The third-order valence-electron chi connectivity index (χ3n) is 4.56. The van der Waals surface area contributed by atoms with Gasteiger partial charge in [-0.2, -0.15) is 8.78 Å². The fraction of sp³-hybridized carbons (Fsp3) is 0.529. The van der Waals surface area contributed by atoms with Crippen LogP contribution >= 0.6 is 0 Å². The number of ether oxygens (including phenoxy) is 1. The highest BCUT2D eigenvalue weighted by Crippen LogP contribution is 2.44. The molecule has 0 saturated heterocycles. The van der Waals surface area contributed by atoms with Crippen LogP contribution < -0.4 is 4.74 Å². The van der Waals surface area contributed by atoms with Gasteiger partial charge in [-0.05, 0) is 76.1 Å². The first-order valence-electron chi connectivity index (χ1n) is 7.27. The SMILES string of the molecule is Cc1c(C)c2c(c(C)c1O)CCC(C)(CCC=C(F)F)O2. The van der Waals surface area contributed by atoms with Gasteiger partial charge in [0.1, 0.15) is 17.1 Å². The molecule has 0 amide bonds.